The monoisotopic (exact) mass is 257 g/mol. The second kappa shape index (κ2) is 4.83. The van der Waals surface area contributed by atoms with Gasteiger partial charge in [0.25, 0.3) is 0 Å². The molecule has 0 aliphatic carbocycles. The molecule has 1 aliphatic rings. The Morgan fingerprint density at radius 3 is 2.33 bits per heavy atom. The highest BCUT2D eigenvalue weighted by Crippen LogP contribution is 2.31. The number of amides is 3. The number of hydrogen-bond acceptors (Lipinski definition) is 4. The largest absolute Gasteiger partial charge is 0.444 e. The van der Waals surface area contributed by atoms with Crippen LogP contribution < -0.4 is 10.9 Å². The van der Waals surface area contributed by atoms with Gasteiger partial charge in [-0.05, 0) is 27.7 Å². The Labute approximate surface area is 106 Å². The number of nitrogens with one attached hydrogen (secondary N) is 2. The van der Waals surface area contributed by atoms with Crippen molar-refractivity contribution in [3.05, 3.63) is 0 Å². The first-order valence-electron chi connectivity index (χ1n) is 5.65. The Morgan fingerprint density at radius 2 is 1.89 bits per heavy atom. The van der Waals surface area contributed by atoms with Crippen molar-refractivity contribution in [2.45, 2.75) is 33.3 Å². The summed E-state index contributed by atoms with van der Waals surface area (Å²) in [7, 11) is 0. The Morgan fingerprint density at radius 1 is 1.33 bits per heavy atom. The molecule has 0 bridgehead atoms. The lowest BCUT2D eigenvalue weighted by Gasteiger charge is -2.46. The van der Waals surface area contributed by atoms with Crippen molar-refractivity contribution in [1.29, 1.82) is 0 Å². The topological polar surface area (TPSA) is 87.7 Å². The summed E-state index contributed by atoms with van der Waals surface area (Å²) in [5, 5.41) is 0. The minimum atomic E-state index is -0.688. The van der Waals surface area contributed by atoms with E-state index in [4.69, 9.17) is 4.74 Å². The smallest absolute Gasteiger partial charge is 0.410 e. The third-order valence-corrected chi connectivity index (χ3v) is 2.52. The van der Waals surface area contributed by atoms with Gasteiger partial charge >= 0.3 is 6.09 Å². The molecule has 18 heavy (non-hydrogen) atoms. The molecular weight excluding hydrogens is 238 g/mol. The maximum Gasteiger partial charge on any atom is 0.410 e. The summed E-state index contributed by atoms with van der Waals surface area (Å²) in [6, 6.07) is 0. The van der Waals surface area contributed by atoms with E-state index in [-0.39, 0.29) is 19.0 Å². The first kappa shape index (κ1) is 14.3. The van der Waals surface area contributed by atoms with Crippen LogP contribution in [0.3, 0.4) is 0 Å². The van der Waals surface area contributed by atoms with Crippen LogP contribution in [0.1, 0.15) is 27.7 Å². The van der Waals surface area contributed by atoms with Crippen LogP contribution in [0, 0.1) is 5.41 Å². The number of nitrogens with zero attached hydrogens (tertiary/aromatic N) is 1. The van der Waals surface area contributed by atoms with E-state index in [1.807, 2.05) is 0 Å². The Kier molecular flexibility index (Phi) is 3.83. The van der Waals surface area contributed by atoms with Crippen molar-refractivity contribution in [2.24, 2.45) is 5.41 Å². The van der Waals surface area contributed by atoms with Crippen LogP contribution in [-0.4, -0.2) is 42.0 Å². The highest BCUT2D eigenvalue weighted by Gasteiger charge is 2.48. The van der Waals surface area contributed by atoms with Crippen molar-refractivity contribution in [1.82, 2.24) is 15.8 Å². The van der Waals surface area contributed by atoms with Gasteiger partial charge in [0.2, 0.25) is 12.3 Å². The zero-order valence-corrected chi connectivity index (χ0v) is 11.1. The number of carbonyl (C=O) groups excluding carboxylic acids is 3. The highest BCUT2D eigenvalue weighted by molar-refractivity contribution is 5.86. The highest BCUT2D eigenvalue weighted by atomic mass is 16.6. The van der Waals surface area contributed by atoms with Crippen LogP contribution in [0.15, 0.2) is 0 Å². The number of hydrogen-bond donors (Lipinski definition) is 2. The number of carbonyl (C=O) groups is 3. The van der Waals surface area contributed by atoms with E-state index in [1.165, 1.54) is 4.90 Å². The summed E-state index contributed by atoms with van der Waals surface area (Å²) < 4.78 is 5.18. The molecule has 102 valence electrons. The van der Waals surface area contributed by atoms with Crippen LogP contribution in [0.4, 0.5) is 4.79 Å². The maximum atomic E-state index is 11.7. The minimum Gasteiger partial charge on any atom is -0.444 e. The lowest BCUT2D eigenvalue weighted by atomic mass is 9.81. The number of likely N-dealkylation sites (tertiary alicyclic amines) is 1. The third kappa shape index (κ3) is 3.35. The van der Waals surface area contributed by atoms with Crippen molar-refractivity contribution in [3.8, 4) is 0 Å². The van der Waals surface area contributed by atoms with Crippen LogP contribution in [0.5, 0.6) is 0 Å². The summed E-state index contributed by atoms with van der Waals surface area (Å²) in [5.41, 5.74) is 3.10. The average molecular weight is 257 g/mol. The second-order valence-corrected chi connectivity index (χ2v) is 5.61. The molecule has 0 saturated carbocycles. The van der Waals surface area contributed by atoms with Crippen molar-refractivity contribution < 1.29 is 19.1 Å². The molecule has 2 N–H and O–H groups in total. The summed E-state index contributed by atoms with van der Waals surface area (Å²) in [5.74, 6) is -0.325. The molecule has 0 aromatic carbocycles. The molecular formula is C11H19N3O4. The van der Waals surface area contributed by atoms with Gasteiger partial charge in [-0.15, -0.1) is 0 Å². The third-order valence-electron chi connectivity index (χ3n) is 2.52. The first-order valence-corrected chi connectivity index (χ1v) is 5.65. The van der Waals surface area contributed by atoms with E-state index >= 15 is 0 Å². The Balaban J connectivity index is 2.44. The lowest BCUT2D eigenvalue weighted by Crippen LogP contribution is -2.64. The van der Waals surface area contributed by atoms with Gasteiger partial charge in [-0.25, -0.2) is 4.79 Å². The molecule has 3 amide bonds. The first-order chi connectivity index (χ1) is 8.18. The molecule has 0 radical (unpaired) electrons. The zero-order valence-electron chi connectivity index (χ0n) is 11.1. The second-order valence-electron chi connectivity index (χ2n) is 5.61. The van der Waals surface area contributed by atoms with Gasteiger partial charge in [0.15, 0.2) is 0 Å². The maximum absolute atomic E-state index is 11.7. The van der Waals surface area contributed by atoms with Gasteiger partial charge in [0, 0.05) is 13.1 Å². The Bertz CT molecular complexity index is 356. The van der Waals surface area contributed by atoms with E-state index in [9.17, 15) is 14.4 Å². The number of rotatable bonds is 3. The number of ether oxygens (including phenoxy) is 1. The zero-order chi connectivity index (χ0) is 14.0. The van der Waals surface area contributed by atoms with Gasteiger partial charge < -0.3 is 9.64 Å². The van der Waals surface area contributed by atoms with E-state index in [2.05, 4.69) is 10.9 Å². The molecule has 7 nitrogen and oxygen atoms in total. The van der Waals surface area contributed by atoms with E-state index in [1.54, 1.807) is 27.7 Å². The quantitative estimate of drug-likeness (QED) is 0.551. The standard InChI is InChI=1S/C11H19N3O4/c1-10(2,3)18-9(17)14-5-11(4,6-14)8(16)13-12-7-15/h7H,5-6H2,1-4H3,(H,12,15)(H,13,16). The van der Waals surface area contributed by atoms with E-state index < -0.39 is 17.1 Å². The fourth-order valence-electron chi connectivity index (χ4n) is 1.64. The van der Waals surface area contributed by atoms with Gasteiger partial charge in [0.05, 0.1) is 5.41 Å². The molecule has 0 aromatic rings. The van der Waals surface area contributed by atoms with Gasteiger partial charge in [-0.2, -0.15) is 0 Å². The van der Waals surface area contributed by atoms with Crippen molar-refractivity contribution >= 4 is 18.4 Å². The van der Waals surface area contributed by atoms with Crippen molar-refractivity contribution in [3.63, 3.8) is 0 Å². The summed E-state index contributed by atoms with van der Waals surface area (Å²) >= 11 is 0. The van der Waals surface area contributed by atoms with E-state index in [0.29, 0.717) is 6.41 Å². The normalized spacial score (nSPS) is 17.4. The van der Waals surface area contributed by atoms with Gasteiger partial charge in [-0.1, -0.05) is 0 Å². The lowest BCUT2D eigenvalue weighted by molar-refractivity contribution is -0.141. The summed E-state index contributed by atoms with van der Waals surface area (Å²) in [4.78, 5) is 34.8. The molecule has 0 atom stereocenters. The summed E-state index contributed by atoms with van der Waals surface area (Å²) in [6.07, 6.45) is -0.0536. The van der Waals surface area contributed by atoms with Crippen LogP contribution in [-0.2, 0) is 14.3 Å². The molecule has 1 heterocycles. The molecule has 1 fully saturated rings. The van der Waals surface area contributed by atoms with Crippen LogP contribution in [0.25, 0.3) is 0 Å². The fourth-order valence-corrected chi connectivity index (χ4v) is 1.64. The van der Waals surface area contributed by atoms with Gasteiger partial charge in [0.1, 0.15) is 5.60 Å². The molecule has 1 saturated heterocycles. The van der Waals surface area contributed by atoms with Crippen LogP contribution >= 0.6 is 0 Å². The molecule has 7 heteroatoms. The van der Waals surface area contributed by atoms with Crippen molar-refractivity contribution in [2.75, 3.05) is 13.1 Å². The minimum absolute atomic E-state index is 0.272. The molecule has 1 rings (SSSR count). The number of hydrazine groups is 1. The van der Waals surface area contributed by atoms with Crippen LogP contribution in [0.2, 0.25) is 0 Å². The molecule has 0 aromatic heterocycles. The molecule has 0 unspecified atom stereocenters. The average Bonchev–Trinajstić information content (AvgIpc) is 2.18. The van der Waals surface area contributed by atoms with Gasteiger partial charge in [-0.3, -0.25) is 20.4 Å². The fraction of sp³-hybridized carbons (Fsp3) is 0.727. The predicted molar refractivity (Wildman–Crippen MR) is 63.3 cm³/mol. The SMILES string of the molecule is CC(C)(C)OC(=O)N1CC(C)(C(=O)NNC=O)C1. The summed E-state index contributed by atoms with van der Waals surface area (Å²) in [6.45, 7) is 7.61. The molecule has 0 spiro atoms. The predicted octanol–water partition coefficient (Wildman–Crippen LogP) is 0.0206. The Hall–Kier alpha value is -1.79. The molecule has 1 aliphatic heterocycles. The van der Waals surface area contributed by atoms with E-state index in [0.717, 1.165) is 0 Å².